The Morgan fingerprint density at radius 2 is 1.85 bits per heavy atom. The van der Waals surface area contributed by atoms with Crippen LogP contribution in [-0.2, 0) is 12.6 Å². The van der Waals surface area contributed by atoms with Gasteiger partial charge >= 0.3 is 6.18 Å². The van der Waals surface area contributed by atoms with Crippen LogP contribution in [0.25, 0.3) is 22.2 Å². The third-order valence-electron chi connectivity index (χ3n) is 4.50. The number of aryl methyl sites for hydroxylation is 1. The Morgan fingerprint density at radius 1 is 1.08 bits per heavy atom. The van der Waals surface area contributed by atoms with Gasteiger partial charge in [0, 0.05) is 16.5 Å². The number of methoxy groups -OCH3 is 1. The highest BCUT2D eigenvalue weighted by molar-refractivity contribution is 5.92. The molecule has 26 heavy (non-hydrogen) atoms. The van der Waals surface area contributed by atoms with Gasteiger partial charge in [0.25, 0.3) is 0 Å². The summed E-state index contributed by atoms with van der Waals surface area (Å²) >= 11 is 0. The van der Waals surface area contributed by atoms with E-state index in [0.717, 1.165) is 35.4 Å². The predicted octanol–water partition coefficient (Wildman–Crippen LogP) is 5.14. The first-order chi connectivity index (χ1) is 12.5. The molecule has 0 spiro atoms. The number of fused-ring (bicyclic) bond motifs is 1. The number of ether oxygens (including phenoxy) is 1. The Hall–Kier alpha value is -2.47. The number of H-pyrrole nitrogens is 1. The van der Waals surface area contributed by atoms with Crippen LogP contribution in [-0.4, -0.2) is 18.6 Å². The smallest absolute Gasteiger partial charge is 0.417 e. The van der Waals surface area contributed by atoms with Crippen LogP contribution in [0.1, 0.15) is 24.0 Å². The molecule has 0 amide bonds. The van der Waals surface area contributed by atoms with E-state index in [1.807, 2.05) is 12.1 Å². The van der Waals surface area contributed by atoms with Crippen molar-refractivity contribution in [1.82, 2.24) is 4.98 Å². The highest BCUT2D eigenvalue weighted by Gasteiger charge is 2.34. The maximum absolute atomic E-state index is 13.5. The lowest BCUT2D eigenvalue weighted by Gasteiger charge is -2.13. The Morgan fingerprint density at radius 3 is 2.54 bits per heavy atom. The molecular formula is C20H21F3N2O. The molecule has 3 aromatic rings. The number of aromatic amines is 1. The molecule has 0 aliphatic heterocycles. The van der Waals surface area contributed by atoms with E-state index in [9.17, 15) is 13.2 Å². The Bertz CT molecular complexity index is 900. The first-order valence-electron chi connectivity index (χ1n) is 8.51. The first-order valence-corrected chi connectivity index (χ1v) is 8.51. The molecule has 0 saturated heterocycles. The van der Waals surface area contributed by atoms with Gasteiger partial charge in [0.05, 0.1) is 18.4 Å². The van der Waals surface area contributed by atoms with Gasteiger partial charge in [0.1, 0.15) is 5.75 Å². The lowest BCUT2D eigenvalue weighted by atomic mass is 9.97. The third kappa shape index (κ3) is 3.55. The first kappa shape index (κ1) is 18.3. The maximum Gasteiger partial charge on any atom is 0.417 e. The quantitative estimate of drug-likeness (QED) is 0.596. The fourth-order valence-electron chi connectivity index (χ4n) is 3.24. The second kappa shape index (κ2) is 7.41. The number of benzene rings is 2. The van der Waals surface area contributed by atoms with Crippen molar-refractivity contribution in [2.45, 2.75) is 25.4 Å². The Kier molecular flexibility index (Phi) is 5.23. The monoisotopic (exact) mass is 362 g/mol. The van der Waals surface area contributed by atoms with Crippen LogP contribution in [0.2, 0.25) is 0 Å². The molecule has 3 rings (SSSR count). The van der Waals surface area contributed by atoms with Gasteiger partial charge < -0.3 is 15.5 Å². The van der Waals surface area contributed by atoms with E-state index < -0.39 is 11.7 Å². The zero-order valence-electron chi connectivity index (χ0n) is 14.5. The molecule has 0 unspecified atom stereocenters. The van der Waals surface area contributed by atoms with Crippen molar-refractivity contribution in [2.24, 2.45) is 5.73 Å². The Labute approximate surface area is 150 Å². The number of hydrogen-bond donors (Lipinski definition) is 2. The second-order valence-electron chi connectivity index (χ2n) is 6.18. The molecule has 1 heterocycles. The molecule has 0 atom stereocenters. The molecule has 0 fully saturated rings. The summed E-state index contributed by atoms with van der Waals surface area (Å²) in [5.41, 5.74) is 7.27. The van der Waals surface area contributed by atoms with E-state index in [1.165, 1.54) is 12.1 Å². The molecule has 0 aliphatic carbocycles. The lowest BCUT2D eigenvalue weighted by Crippen LogP contribution is -2.07. The third-order valence-corrected chi connectivity index (χ3v) is 4.50. The van der Waals surface area contributed by atoms with Crippen LogP contribution in [0.5, 0.6) is 5.75 Å². The molecule has 3 N–H and O–H groups in total. The van der Waals surface area contributed by atoms with Gasteiger partial charge in [-0.15, -0.1) is 0 Å². The van der Waals surface area contributed by atoms with E-state index in [-0.39, 0.29) is 5.56 Å². The van der Waals surface area contributed by atoms with E-state index in [1.54, 1.807) is 19.2 Å². The number of nitrogens with two attached hydrogens (primary N) is 1. The summed E-state index contributed by atoms with van der Waals surface area (Å²) in [6.45, 7) is 0.556. The minimum atomic E-state index is -4.42. The maximum atomic E-state index is 13.5. The van der Waals surface area contributed by atoms with Gasteiger partial charge in [-0.05, 0) is 55.6 Å². The summed E-state index contributed by atoms with van der Waals surface area (Å²) in [7, 11) is 1.57. The summed E-state index contributed by atoms with van der Waals surface area (Å²) in [5.74, 6) is 0.673. The van der Waals surface area contributed by atoms with Crippen LogP contribution < -0.4 is 10.5 Å². The Balaban J connectivity index is 2.21. The van der Waals surface area contributed by atoms with Crippen LogP contribution in [0.15, 0.2) is 42.5 Å². The van der Waals surface area contributed by atoms with Gasteiger partial charge in [0.15, 0.2) is 0 Å². The fraction of sp³-hybridized carbons (Fsp3) is 0.300. The van der Waals surface area contributed by atoms with Crippen LogP contribution >= 0.6 is 0 Å². The normalized spacial score (nSPS) is 11.9. The number of hydrogen-bond acceptors (Lipinski definition) is 2. The minimum absolute atomic E-state index is 0.165. The van der Waals surface area contributed by atoms with E-state index in [4.69, 9.17) is 10.5 Å². The number of rotatable bonds is 6. The number of alkyl halides is 3. The summed E-state index contributed by atoms with van der Waals surface area (Å²) in [6.07, 6.45) is -2.15. The topological polar surface area (TPSA) is 51.0 Å². The van der Waals surface area contributed by atoms with Gasteiger partial charge in [0.2, 0.25) is 0 Å². The van der Waals surface area contributed by atoms with Crippen molar-refractivity contribution in [2.75, 3.05) is 13.7 Å². The van der Waals surface area contributed by atoms with Gasteiger partial charge in [-0.3, -0.25) is 0 Å². The molecule has 0 aliphatic rings. The van der Waals surface area contributed by atoms with Crippen molar-refractivity contribution in [3.63, 3.8) is 0 Å². The van der Waals surface area contributed by atoms with E-state index in [0.29, 0.717) is 24.4 Å². The SMILES string of the molecule is COc1ccc2[nH]c(-c3ccccc3C(F)(F)F)c(CCCCN)c2c1. The zero-order chi connectivity index (χ0) is 18.7. The summed E-state index contributed by atoms with van der Waals surface area (Å²) in [4.78, 5) is 3.18. The molecule has 0 bridgehead atoms. The van der Waals surface area contributed by atoms with Gasteiger partial charge in [-0.2, -0.15) is 13.2 Å². The predicted molar refractivity (Wildman–Crippen MR) is 97.3 cm³/mol. The number of nitrogens with one attached hydrogen (secondary N) is 1. The molecule has 6 heteroatoms. The molecular weight excluding hydrogens is 341 g/mol. The second-order valence-corrected chi connectivity index (χ2v) is 6.18. The summed E-state index contributed by atoms with van der Waals surface area (Å²) < 4.78 is 45.8. The van der Waals surface area contributed by atoms with E-state index in [2.05, 4.69) is 4.98 Å². The molecule has 0 saturated carbocycles. The number of unbranched alkanes of at least 4 members (excludes halogenated alkanes) is 1. The molecule has 2 aromatic carbocycles. The number of halogens is 3. The van der Waals surface area contributed by atoms with Crippen LogP contribution in [0.3, 0.4) is 0 Å². The minimum Gasteiger partial charge on any atom is -0.497 e. The van der Waals surface area contributed by atoms with E-state index >= 15 is 0 Å². The van der Waals surface area contributed by atoms with Crippen molar-refractivity contribution in [3.05, 3.63) is 53.6 Å². The summed E-state index contributed by atoms with van der Waals surface area (Å²) in [5, 5.41) is 0.883. The fourth-order valence-corrected chi connectivity index (χ4v) is 3.24. The largest absolute Gasteiger partial charge is 0.497 e. The molecule has 0 radical (unpaired) electrons. The highest BCUT2D eigenvalue weighted by atomic mass is 19.4. The zero-order valence-corrected chi connectivity index (χ0v) is 14.5. The average molecular weight is 362 g/mol. The average Bonchev–Trinajstić information content (AvgIpc) is 2.99. The van der Waals surface area contributed by atoms with Crippen molar-refractivity contribution < 1.29 is 17.9 Å². The van der Waals surface area contributed by atoms with Crippen molar-refractivity contribution in [3.8, 4) is 17.0 Å². The molecule has 1 aromatic heterocycles. The van der Waals surface area contributed by atoms with Gasteiger partial charge in [-0.1, -0.05) is 18.2 Å². The van der Waals surface area contributed by atoms with Crippen molar-refractivity contribution in [1.29, 1.82) is 0 Å². The molecule has 138 valence electrons. The number of aromatic nitrogens is 1. The summed E-state index contributed by atoms with van der Waals surface area (Å²) in [6, 6.07) is 11.2. The molecule has 3 nitrogen and oxygen atoms in total. The van der Waals surface area contributed by atoms with Crippen molar-refractivity contribution >= 4 is 10.9 Å². The van der Waals surface area contributed by atoms with Crippen LogP contribution in [0.4, 0.5) is 13.2 Å². The standard InChI is InChI=1S/C20H21F3N2O/c1-26-13-9-10-18-16(12-13)14(6-4-5-11-24)19(25-18)15-7-2-3-8-17(15)20(21,22)23/h2-3,7-10,12,25H,4-6,11,24H2,1H3. The van der Waals surface area contributed by atoms with Crippen LogP contribution in [0, 0.1) is 0 Å². The van der Waals surface area contributed by atoms with Gasteiger partial charge in [-0.25, -0.2) is 0 Å². The highest BCUT2D eigenvalue weighted by Crippen LogP contribution is 2.40. The lowest BCUT2D eigenvalue weighted by molar-refractivity contribution is -0.137.